The molecule has 0 spiro atoms. The Morgan fingerprint density at radius 1 is 1.32 bits per heavy atom. The molecule has 0 bridgehead atoms. The van der Waals surface area contributed by atoms with E-state index in [1.54, 1.807) is 30.5 Å². The van der Waals surface area contributed by atoms with Gasteiger partial charge in [-0.1, -0.05) is 12.1 Å². The second-order valence-electron chi connectivity index (χ2n) is 4.20. The first kappa shape index (κ1) is 13.6. The van der Waals surface area contributed by atoms with E-state index >= 15 is 0 Å². The summed E-state index contributed by atoms with van der Waals surface area (Å²) in [6.45, 7) is -0.899. The summed E-state index contributed by atoms with van der Waals surface area (Å²) in [4.78, 5) is 14.1. The first-order valence-electron chi connectivity index (χ1n) is 5.45. The molecule has 1 aromatic carbocycles. The Labute approximate surface area is 113 Å². The summed E-state index contributed by atoms with van der Waals surface area (Å²) in [5, 5.41) is 2.85. The summed E-state index contributed by atoms with van der Waals surface area (Å²) < 4.78 is 32.0. The highest BCUT2D eigenvalue weighted by molar-refractivity contribution is 5.85. The number of benzene rings is 1. The fourth-order valence-corrected chi connectivity index (χ4v) is 2.18. The second kappa shape index (κ2) is 4.70. The lowest BCUT2D eigenvalue weighted by molar-refractivity contribution is -0.103. The van der Waals surface area contributed by atoms with Crippen LogP contribution >= 0.6 is 12.4 Å². The van der Waals surface area contributed by atoms with Crippen molar-refractivity contribution < 1.29 is 18.3 Å². The number of hydrogen-bond donors (Lipinski definition) is 2. The lowest BCUT2D eigenvalue weighted by Gasteiger charge is -2.32. The molecular weight excluding hydrogens is 278 g/mol. The molecule has 2 aromatic rings. The predicted molar refractivity (Wildman–Crippen MR) is 67.7 cm³/mol. The maximum atomic E-state index is 13.8. The monoisotopic (exact) mass is 288 g/mol. The van der Waals surface area contributed by atoms with E-state index in [0.29, 0.717) is 10.9 Å². The Kier molecular flexibility index (Phi) is 3.36. The fourth-order valence-electron chi connectivity index (χ4n) is 2.18. The van der Waals surface area contributed by atoms with Crippen LogP contribution in [0.2, 0.25) is 0 Å². The number of halogens is 3. The number of H-pyrrole nitrogens is 1. The molecule has 3 rings (SSSR count). The molecule has 102 valence electrons. The summed E-state index contributed by atoms with van der Waals surface area (Å²) in [5.74, 6) is -3.13. The standard InChI is InChI=1S/C12H10F2N2O2.ClH/c13-12(14)6-18-11(17)16-10(12)8-2-1-3-9-7(8)4-5-15-9;/h1-5,10,15H,6H2,(H,16,17);1H/t10-;/m0./s1. The number of alkyl carbamates (subject to hydrolysis) is 1. The highest BCUT2D eigenvalue weighted by atomic mass is 35.5. The van der Waals surface area contributed by atoms with Crippen molar-refractivity contribution in [3.63, 3.8) is 0 Å². The van der Waals surface area contributed by atoms with Crippen LogP contribution in [0.15, 0.2) is 30.5 Å². The molecule has 1 aromatic heterocycles. The summed E-state index contributed by atoms with van der Waals surface area (Å²) in [7, 11) is 0. The average molecular weight is 289 g/mol. The number of carbonyl (C=O) groups is 1. The molecule has 2 N–H and O–H groups in total. The lowest BCUT2D eigenvalue weighted by atomic mass is 9.97. The molecule has 1 aliphatic heterocycles. The van der Waals surface area contributed by atoms with Gasteiger partial charge in [-0.05, 0) is 17.7 Å². The van der Waals surface area contributed by atoms with Crippen LogP contribution in [0, 0.1) is 0 Å². The van der Waals surface area contributed by atoms with Crippen molar-refractivity contribution in [1.82, 2.24) is 10.3 Å². The van der Waals surface area contributed by atoms with E-state index in [9.17, 15) is 13.6 Å². The van der Waals surface area contributed by atoms with Crippen LogP contribution in [-0.4, -0.2) is 23.6 Å². The Balaban J connectivity index is 0.00000133. The number of hydrogen-bond acceptors (Lipinski definition) is 2. The predicted octanol–water partition coefficient (Wildman–Crippen LogP) is 3.01. The normalized spacial score (nSPS) is 21.4. The molecule has 19 heavy (non-hydrogen) atoms. The maximum Gasteiger partial charge on any atom is 0.408 e. The Morgan fingerprint density at radius 3 is 2.89 bits per heavy atom. The first-order valence-corrected chi connectivity index (χ1v) is 5.45. The van der Waals surface area contributed by atoms with Gasteiger partial charge >= 0.3 is 12.0 Å². The summed E-state index contributed by atoms with van der Waals surface area (Å²) in [6, 6.07) is 5.39. The van der Waals surface area contributed by atoms with E-state index in [1.165, 1.54) is 0 Å². The minimum absolute atomic E-state index is 0. The minimum atomic E-state index is -3.13. The number of nitrogens with one attached hydrogen (secondary N) is 2. The quantitative estimate of drug-likeness (QED) is 0.847. The van der Waals surface area contributed by atoms with Crippen molar-refractivity contribution >= 4 is 29.4 Å². The smallest absolute Gasteiger partial charge is 0.408 e. The summed E-state index contributed by atoms with van der Waals surface area (Å²) >= 11 is 0. The van der Waals surface area contributed by atoms with E-state index in [-0.39, 0.29) is 12.4 Å². The number of cyclic esters (lactones) is 1. The van der Waals surface area contributed by atoms with Crippen molar-refractivity contribution in [2.75, 3.05) is 6.61 Å². The van der Waals surface area contributed by atoms with Gasteiger partial charge in [0.25, 0.3) is 0 Å². The number of rotatable bonds is 1. The van der Waals surface area contributed by atoms with Crippen LogP contribution in [0.4, 0.5) is 13.6 Å². The van der Waals surface area contributed by atoms with Gasteiger partial charge in [0.1, 0.15) is 6.04 Å². The topological polar surface area (TPSA) is 54.1 Å². The zero-order valence-corrected chi connectivity index (χ0v) is 10.5. The lowest BCUT2D eigenvalue weighted by Crippen LogP contribution is -2.49. The van der Waals surface area contributed by atoms with E-state index < -0.39 is 24.7 Å². The van der Waals surface area contributed by atoms with Crippen LogP contribution in [0.25, 0.3) is 10.9 Å². The number of alkyl halides is 2. The molecular formula is C12H11ClF2N2O2. The Bertz CT molecular complexity index is 615. The molecule has 7 heteroatoms. The highest BCUT2D eigenvalue weighted by Gasteiger charge is 2.47. The number of ether oxygens (including phenoxy) is 1. The Morgan fingerprint density at radius 2 is 2.11 bits per heavy atom. The SMILES string of the molecule is Cl.O=C1N[C@@H](c2cccc3[nH]ccc23)C(F)(F)CO1. The third kappa shape index (κ3) is 2.23. The summed E-state index contributed by atoms with van der Waals surface area (Å²) in [6.07, 6.45) is 0.853. The molecule has 1 saturated heterocycles. The summed E-state index contributed by atoms with van der Waals surface area (Å²) in [5.41, 5.74) is 1.14. The van der Waals surface area contributed by atoms with Gasteiger partial charge in [0.05, 0.1) is 0 Å². The number of fused-ring (bicyclic) bond motifs is 1. The Hall–Kier alpha value is -1.82. The van der Waals surface area contributed by atoms with Crippen molar-refractivity contribution in [2.45, 2.75) is 12.0 Å². The van der Waals surface area contributed by atoms with E-state index in [2.05, 4.69) is 15.0 Å². The van der Waals surface area contributed by atoms with Crippen LogP contribution in [0.5, 0.6) is 0 Å². The molecule has 1 atom stereocenters. The van der Waals surface area contributed by atoms with E-state index in [1.807, 2.05) is 0 Å². The van der Waals surface area contributed by atoms with Crippen molar-refractivity contribution in [3.8, 4) is 0 Å². The highest BCUT2D eigenvalue weighted by Crippen LogP contribution is 2.37. The fraction of sp³-hybridized carbons (Fsp3) is 0.250. The molecule has 0 unspecified atom stereocenters. The second-order valence-corrected chi connectivity index (χ2v) is 4.20. The molecule has 1 aliphatic rings. The van der Waals surface area contributed by atoms with Gasteiger partial charge in [-0.3, -0.25) is 0 Å². The number of aromatic amines is 1. The molecule has 1 fully saturated rings. The van der Waals surface area contributed by atoms with Crippen molar-refractivity contribution in [3.05, 3.63) is 36.0 Å². The molecule has 0 aliphatic carbocycles. The van der Waals surface area contributed by atoms with Crippen molar-refractivity contribution in [2.24, 2.45) is 0 Å². The molecule has 1 amide bonds. The van der Waals surface area contributed by atoms with E-state index in [4.69, 9.17) is 0 Å². The molecule has 0 radical (unpaired) electrons. The zero-order valence-electron chi connectivity index (χ0n) is 9.65. The number of aromatic nitrogens is 1. The first-order chi connectivity index (χ1) is 8.58. The van der Waals surface area contributed by atoms with Gasteiger partial charge in [0.2, 0.25) is 0 Å². The number of carbonyl (C=O) groups excluding carboxylic acids is 1. The third-order valence-corrected chi connectivity index (χ3v) is 3.02. The third-order valence-electron chi connectivity index (χ3n) is 3.02. The molecule has 2 heterocycles. The maximum absolute atomic E-state index is 13.8. The largest absolute Gasteiger partial charge is 0.443 e. The van der Waals surface area contributed by atoms with Crippen LogP contribution < -0.4 is 5.32 Å². The van der Waals surface area contributed by atoms with Crippen LogP contribution in [0.3, 0.4) is 0 Å². The van der Waals surface area contributed by atoms with Gasteiger partial charge < -0.3 is 15.0 Å². The van der Waals surface area contributed by atoms with Gasteiger partial charge in [0, 0.05) is 17.1 Å². The van der Waals surface area contributed by atoms with Crippen molar-refractivity contribution in [1.29, 1.82) is 0 Å². The van der Waals surface area contributed by atoms with Gasteiger partial charge in [-0.2, -0.15) is 0 Å². The van der Waals surface area contributed by atoms with Crippen LogP contribution in [-0.2, 0) is 4.74 Å². The molecule has 4 nitrogen and oxygen atoms in total. The zero-order chi connectivity index (χ0) is 12.8. The van der Waals surface area contributed by atoms with E-state index in [0.717, 1.165) is 5.52 Å². The minimum Gasteiger partial charge on any atom is -0.443 e. The van der Waals surface area contributed by atoms with Gasteiger partial charge in [-0.25, -0.2) is 13.6 Å². The number of amides is 1. The van der Waals surface area contributed by atoms with Crippen LogP contribution in [0.1, 0.15) is 11.6 Å². The van der Waals surface area contributed by atoms with Gasteiger partial charge in [0.15, 0.2) is 6.61 Å². The average Bonchev–Trinajstić information content (AvgIpc) is 2.80. The van der Waals surface area contributed by atoms with Gasteiger partial charge in [-0.15, -0.1) is 12.4 Å². The molecule has 0 saturated carbocycles.